The predicted molar refractivity (Wildman–Crippen MR) is 122 cm³/mol. The number of ketones is 1. The van der Waals surface area contributed by atoms with Crippen molar-refractivity contribution in [2.75, 3.05) is 12.0 Å². The Morgan fingerprint density at radius 2 is 1.78 bits per heavy atom. The number of aliphatic hydroxyl groups excluding tert-OH is 1. The summed E-state index contributed by atoms with van der Waals surface area (Å²) in [4.78, 5) is 27.7. The zero-order chi connectivity index (χ0) is 23.0. The van der Waals surface area contributed by atoms with Crippen LogP contribution < -0.4 is 9.64 Å². The lowest BCUT2D eigenvalue weighted by molar-refractivity contribution is -0.132. The van der Waals surface area contributed by atoms with Crippen LogP contribution in [0.15, 0.2) is 72.3 Å². The van der Waals surface area contributed by atoms with E-state index < -0.39 is 17.7 Å². The SMILES string of the molecule is COc1cc(/C(O)=C2/C(=O)C(=O)N(c3ccccc3C)C2c2cccc(O)c2)ccc1Cl. The van der Waals surface area contributed by atoms with Crippen molar-refractivity contribution in [1.82, 2.24) is 0 Å². The molecule has 1 amide bonds. The van der Waals surface area contributed by atoms with E-state index in [-0.39, 0.29) is 22.6 Å². The summed E-state index contributed by atoms with van der Waals surface area (Å²) in [5, 5.41) is 21.6. The van der Waals surface area contributed by atoms with Gasteiger partial charge in [-0.15, -0.1) is 0 Å². The average molecular weight is 450 g/mol. The molecule has 0 spiro atoms. The quantitative estimate of drug-likeness (QED) is 0.333. The summed E-state index contributed by atoms with van der Waals surface area (Å²) in [6, 6.07) is 17.1. The molecular formula is C25H20ClNO5. The fourth-order valence-corrected chi connectivity index (χ4v) is 4.08. The number of ether oxygens (including phenoxy) is 1. The van der Waals surface area contributed by atoms with Gasteiger partial charge < -0.3 is 14.9 Å². The number of carbonyl (C=O) groups is 2. The smallest absolute Gasteiger partial charge is 0.300 e. The van der Waals surface area contributed by atoms with Crippen LogP contribution in [0, 0.1) is 6.92 Å². The summed E-state index contributed by atoms with van der Waals surface area (Å²) in [6.45, 7) is 1.83. The first-order valence-corrected chi connectivity index (χ1v) is 10.2. The monoisotopic (exact) mass is 449 g/mol. The van der Waals surface area contributed by atoms with E-state index in [0.717, 1.165) is 5.56 Å². The maximum Gasteiger partial charge on any atom is 0.300 e. The third-order valence-corrected chi connectivity index (χ3v) is 5.74. The molecule has 1 saturated heterocycles. The van der Waals surface area contributed by atoms with Crippen molar-refractivity contribution in [1.29, 1.82) is 0 Å². The Morgan fingerprint density at radius 3 is 2.47 bits per heavy atom. The number of anilines is 1. The average Bonchev–Trinajstić information content (AvgIpc) is 3.04. The van der Waals surface area contributed by atoms with Crippen molar-refractivity contribution in [2.24, 2.45) is 0 Å². The van der Waals surface area contributed by atoms with Crippen molar-refractivity contribution < 1.29 is 24.5 Å². The third kappa shape index (κ3) is 3.59. The number of Topliss-reactive ketones (excluding diaryl/α,β-unsaturated/α-hetero) is 1. The lowest BCUT2D eigenvalue weighted by Gasteiger charge is -2.26. The highest BCUT2D eigenvalue weighted by atomic mass is 35.5. The minimum Gasteiger partial charge on any atom is -0.508 e. The number of para-hydroxylation sites is 1. The van der Waals surface area contributed by atoms with Crippen LogP contribution >= 0.6 is 11.6 Å². The van der Waals surface area contributed by atoms with Gasteiger partial charge in [-0.2, -0.15) is 0 Å². The molecule has 7 heteroatoms. The second-order valence-corrected chi connectivity index (χ2v) is 7.81. The highest BCUT2D eigenvalue weighted by Gasteiger charge is 2.47. The highest BCUT2D eigenvalue weighted by molar-refractivity contribution is 6.51. The van der Waals surface area contributed by atoms with Gasteiger partial charge in [0.15, 0.2) is 0 Å². The molecule has 4 rings (SSSR count). The van der Waals surface area contributed by atoms with E-state index in [4.69, 9.17) is 16.3 Å². The van der Waals surface area contributed by atoms with Gasteiger partial charge >= 0.3 is 0 Å². The summed E-state index contributed by atoms with van der Waals surface area (Å²) in [6.07, 6.45) is 0. The lowest BCUT2D eigenvalue weighted by Crippen LogP contribution is -2.30. The maximum absolute atomic E-state index is 13.2. The standard InChI is InChI=1S/C25H20ClNO5/c1-14-6-3-4-9-19(14)27-22(15-7-5-8-17(28)12-15)21(24(30)25(27)31)23(29)16-10-11-18(26)20(13-16)32-2/h3-13,22,28-29H,1-2H3/b23-21-. The number of phenols is 1. The Hall–Kier alpha value is -3.77. The van der Waals surface area contributed by atoms with Gasteiger partial charge in [0.2, 0.25) is 0 Å². The Kier molecular flexibility index (Phi) is 5.63. The number of carbonyl (C=O) groups excluding carboxylic acids is 2. The van der Waals surface area contributed by atoms with Gasteiger partial charge in [0.05, 0.1) is 23.7 Å². The number of nitrogens with zero attached hydrogens (tertiary/aromatic N) is 1. The number of methoxy groups -OCH3 is 1. The topological polar surface area (TPSA) is 87.1 Å². The minimum atomic E-state index is -0.940. The summed E-state index contributed by atoms with van der Waals surface area (Å²) in [7, 11) is 1.44. The first-order valence-electron chi connectivity index (χ1n) is 9.83. The van der Waals surface area contributed by atoms with Crippen LogP contribution in [-0.4, -0.2) is 29.0 Å². The van der Waals surface area contributed by atoms with E-state index in [1.54, 1.807) is 30.3 Å². The van der Waals surface area contributed by atoms with E-state index >= 15 is 0 Å². The molecule has 1 unspecified atom stereocenters. The molecule has 1 aliphatic rings. The van der Waals surface area contributed by atoms with Gasteiger partial charge in [-0.05, 0) is 54.4 Å². The number of hydrogen-bond donors (Lipinski definition) is 2. The molecule has 32 heavy (non-hydrogen) atoms. The van der Waals surface area contributed by atoms with Gasteiger partial charge in [0.25, 0.3) is 11.7 Å². The van der Waals surface area contributed by atoms with Crippen LogP contribution in [0.25, 0.3) is 5.76 Å². The van der Waals surface area contributed by atoms with Crippen LogP contribution in [0.4, 0.5) is 5.69 Å². The molecule has 0 saturated carbocycles. The van der Waals surface area contributed by atoms with Crippen LogP contribution in [0.3, 0.4) is 0 Å². The molecule has 3 aromatic carbocycles. The second kappa shape index (κ2) is 8.40. The fourth-order valence-electron chi connectivity index (χ4n) is 3.89. The highest BCUT2D eigenvalue weighted by Crippen LogP contribution is 2.44. The Morgan fingerprint density at radius 1 is 1.03 bits per heavy atom. The number of phenolic OH excluding ortho intramolecular Hbond substituents is 1. The van der Waals surface area contributed by atoms with Gasteiger partial charge in [0.1, 0.15) is 17.3 Å². The Balaban J connectivity index is 1.98. The van der Waals surface area contributed by atoms with Crippen LogP contribution in [0.5, 0.6) is 11.5 Å². The van der Waals surface area contributed by atoms with E-state index in [0.29, 0.717) is 22.0 Å². The van der Waals surface area contributed by atoms with Gasteiger partial charge in [-0.3, -0.25) is 14.5 Å². The van der Waals surface area contributed by atoms with Crippen LogP contribution in [0.2, 0.25) is 5.02 Å². The first kappa shape index (κ1) is 21.5. The molecule has 0 bridgehead atoms. The second-order valence-electron chi connectivity index (χ2n) is 7.40. The Bertz CT molecular complexity index is 1270. The van der Waals surface area contributed by atoms with E-state index in [1.807, 2.05) is 19.1 Å². The summed E-state index contributed by atoms with van der Waals surface area (Å²) in [5.41, 5.74) is 1.99. The normalized spacial score (nSPS) is 17.6. The number of amides is 1. The minimum absolute atomic E-state index is 0.0222. The van der Waals surface area contributed by atoms with E-state index in [9.17, 15) is 19.8 Å². The van der Waals surface area contributed by atoms with Crippen LogP contribution in [-0.2, 0) is 9.59 Å². The van der Waals surface area contributed by atoms with Crippen molar-refractivity contribution in [3.63, 3.8) is 0 Å². The number of rotatable bonds is 4. The molecule has 162 valence electrons. The maximum atomic E-state index is 13.2. The van der Waals surface area contributed by atoms with Gasteiger partial charge in [-0.1, -0.05) is 41.9 Å². The lowest BCUT2D eigenvalue weighted by atomic mass is 9.94. The van der Waals surface area contributed by atoms with Crippen LogP contribution in [0.1, 0.15) is 22.7 Å². The molecule has 0 aromatic heterocycles. The molecule has 1 aliphatic heterocycles. The van der Waals surface area contributed by atoms with E-state index in [2.05, 4.69) is 0 Å². The predicted octanol–water partition coefficient (Wildman–Crippen LogP) is 4.99. The summed E-state index contributed by atoms with van der Waals surface area (Å²) in [5.74, 6) is -1.66. The molecule has 1 atom stereocenters. The number of aromatic hydroxyl groups is 1. The van der Waals surface area contributed by atoms with E-state index in [1.165, 1.54) is 36.3 Å². The number of halogens is 1. The number of aryl methyl sites for hydroxylation is 1. The van der Waals surface area contributed by atoms with Crippen molar-refractivity contribution >= 4 is 34.7 Å². The molecule has 1 heterocycles. The van der Waals surface area contributed by atoms with Crippen molar-refractivity contribution in [3.05, 3.63) is 94.0 Å². The largest absolute Gasteiger partial charge is 0.508 e. The Labute approximate surface area is 189 Å². The zero-order valence-corrected chi connectivity index (χ0v) is 18.1. The molecular weight excluding hydrogens is 430 g/mol. The van der Waals surface area contributed by atoms with Crippen molar-refractivity contribution in [2.45, 2.75) is 13.0 Å². The summed E-state index contributed by atoms with van der Waals surface area (Å²) < 4.78 is 5.22. The third-order valence-electron chi connectivity index (χ3n) is 5.43. The van der Waals surface area contributed by atoms with Crippen molar-refractivity contribution in [3.8, 4) is 11.5 Å². The number of benzene rings is 3. The molecule has 0 aliphatic carbocycles. The molecule has 2 N–H and O–H groups in total. The first-order chi connectivity index (χ1) is 15.3. The number of aliphatic hydroxyl groups is 1. The molecule has 3 aromatic rings. The molecule has 1 fully saturated rings. The van der Waals surface area contributed by atoms with Gasteiger partial charge in [0, 0.05) is 11.3 Å². The van der Waals surface area contributed by atoms with Gasteiger partial charge in [-0.25, -0.2) is 0 Å². The molecule has 0 radical (unpaired) electrons. The zero-order valence-electron chi connectivity index (χ0n) is 17.4. The fraction of sp³-hybridized carbons (Fsp3) is 0.120. The number of hydrogen-bond acceptors (Lipinski definition) is 5. The molecule has 6 nitrogen and oxygen atoms in total. The summed E-state index contributed by atoms with van der Waals surface area (Å²) >= 11 is 6.10.